The maximum atomic E-state index is 5.15. The molecule has 2 N–H and O–H groups in total. The lowest BCUT2D eigenvalue weighted by molar-refractivity contribution is 0.414. The first-order valence-electron chi connectivity index (χ1n) is 7.33. The molecule has 0 aliphatic carbocycles. The summed E-state index contributed by atoms with van der Waals surface area (Å²) in [5.74, 6) is 1.81. The zero-order valence-electron chi connectivity index (χ0n) is 13.5. The van der Waals surface area contributed by atoms with Crippen molar-refractivity contribution in [2.24, 2.45) is 4.99 Å². The van der Waals surface area contributed by atoms with Crippen LogP contribution in [-0.2, 0) is 6.42 Å². The molecule has 0 aromatic heterocycles. The minimum Gasteiger partial charge on any atom is -0.497 e. The van der Waals surface area contributed by atoms with E-state index in [9.17, 15) is 0 Å². The first-order chi connectivity index (χ1) is 9.65. The van der Waals surface area contributed by atoms with E-state index >= 15 is 0 Å². The van der Waals surface area contributed by atoms with E-state index in [1.807, 2.05) is 12.1 Å². The van der Waals surface area contributed by atoms with Crippen LogP contribution in [0.2, 0.25) is 0 Å². The smallest absolute Gasteiger partial charge is 0.191 e. The first-order valence-corrected chi connectivity index (χ1v) is 7.33. The Balaban J connectivity index is 0.00000400. The molecule has 1 aromatic rings. The van der Waals surface area contributed by atoms with Gasteiger partial charge < -0.3 is 15.4 Å². The molecule has 0 amide bonds. The SMILES string of the molecule is CCNC(=NCCCc1ccc(OC)cc1)NC(C)C.I. The van der Waals surface area contributed by atoms with Gasteiger partial charge in [-0.15, -0.1) is 24.0 Å². The summed E-state index contributed by atoms with van der Waals surface area (Å²) in [6, 6.07) is 8.63. The van der Waals surface area contributed by atoms with Crippen molar-refractivity contribution in [3.05, 3.63) is 29.8 Å². The highest BCUT2D eigenvalue weighted by Crippen LogP contribution is 2.12. The van der Waals surface area contributed by atoms with E-state index in [4.69, 9.17) is 4.74 Å². The van der Waals surface area contributed by atoms with E-state index in [0.29, 0.717) is 6.04 Å². The summed E-state index contributed by atoms with van der Waals surface area (Å²) >= 11 is 0. The Bertz CT molecular complexity index is 404. The van der Waals surface area contributed by atoms with Crippen LogP contribution in [0.15, 0.2) is 29.3 Å². The zero-order chi connectivity index (χ0) is 14.8. The predicted octanol–water partition coefficient (Wildman–Crippen LogP) is 3.21. The molecule has 0 saturated carbocycles. The van der Waals surface area contributed by atoms with Gasteiger partial charge in [0.25, 0.3) is 0 Å². The summed E-state index contributed by atoms with van der Waals surface area (Å²) < 4.78 is 5.15. The Hall–Kier alpha value is -0.980. The quantitative estimate of drug-likeness (QED) is 0.317. The molecule has 0 aliphatic heterocycles. The molecule has 21 heavy (non-hydrogen) atoms. The molecule has 1 aromatic carbocycles. The topological polar surface area (TPSA) is 45.7 Å². The van der Waals surface area contributed by atoms with Gasteiger partial charge in [0.1, 0.15) is 5.75 Å². The molecule has 0 saturated heterocycles. The highest BCUT2D eigenvalue weighted by atomic mass is 127. The van der Waals surface area contributed by atoms with Crippen molar-refractivity contribution in [1.29, 1.82) is 0 Å². The van der Waals surface area contributed by atoms with Crippen LogP contribution < -0.4 is 15.4 Å². The number of ether oxygens (including phenoxy) is 1. The van der Waals surface area contributed by atoms with Crippen molar-refractivity contribution in [2.45, 2.75) is 39.7 Å². The van der Waals surface area contributed by atoms with Crippen LogP contribution in [0.4, 0.5) is 0 Å². The van der Waals surface area contributed by atoms with Gasteiger partial charge >= 0.3 is 0 Å². The van der Waals surface area contributed by atoms with Crippen molar-refractivity contribution in [3.8, 4) is 5.75 Å². The normalized spacial score (nSPS) is 11.0. The Morgan fingerprint density at radius 1 is 1.24 bits per heavy atom. The van der Waals surface area contributed by atoms with Crippen LogP contribution >= 0.6 is 24.0 Å². The number of nitrogens with one attached hydrogen (secondary N) is 2. The fourth-order valence-electron chi connectivity index (χ4n) is 1.86. The summed E-state index contributed by atoms with van der Waals surface area (Å²) in [7, 11) is 1.69. The van der Waals surface area contributed by atoms with Gasteiger partial charge in [0.05, 0.1) is 7.11 Å². The fourth-order valence-corrected chi connectivity index (χ4v) is 1.86. The molecule has 1 rings (SSSR count). The molecule has 120 valence electrons. The van der Waals surface area contributed by atoms with Gasteiger partial charge in [-0.3, -0.25) is 4.99 Å². The summed E-state index contributed by atoms with van der Waals surface area (Å²) in [5.41, 5.74) is 1.32. The van der Waals surface area contributed by atoms with Crippen LogP contribution in [0, 0.1) is 0 Å². The maximum absolute atomic E-state index is 5.15. The molecule has 0 unspecified atom stereocenters. The minimum atomic E-state index is 0. The monoisotopic (exact) mass is 405 g/mol. The van der Waals surface area contributed by atoms with Crippen LogP contribution in [0.3, 0.4) is 0 Å². The molecule has 0 bridgehead atoms. The number of methoxy groups -OCH3 is 1. The molecule has 5 heteroatoms. The third kappa shape index (κ3) is 8.80. The van der Waals surface area contributed by atoms with Gasteiger partial charge in [0.15, 0.2) is 5.96 Å². The molecule has 0 aliphatic rings. The van der Waals surface area contributed by atoms with Crippen molar-refractivity contribution in [1.82, 2.24) is 10.6 Å². The second kappa shape index (κ2) is 11.7. The van der Waals surface area contributed by atoms with Crippen molar-refractivity contribution in [2.75, 3.05) is 20.2 Å². The molecule has 0 radical (unpaired) electrons. The number of benzene rings is 1. The lowest BCUT2D eigenvalue weighted by Crippen LogP contribution is -2.41. The van der Waals surface area contributed by atoms with E-state index < -0.39 is 0 Å². The molecule has 0 fully saturated rings. The van der Waals surface area contributed by atoms with Crippen molar-refractivity contribution in [3.63, 3.8) is 0 Å². The van der Waals surface area contributed by atoms with E-state index in [1.54, 1.807) is 7.11 Å². The maximum Gasteiger partial charge on any atom is 0.191 e. The second-order valence-corrected chi connectivity index (χ2v) is 5.01. The van der Waals surface area contributed by atoms with E-state index in [1.165, 1.54) is 5.56 Å². The third-order valence-corrected chi connectivity index (χ3v) is 2.82. The Labute approximate surface area is 145 Å². The third-order valence-electron chi connectivity index (χ3n) is 2.82. The summed E-state index contributed by atoms with van der Waals surface area (Å²) in [6.45, 7) is 8.02. The van der Waals surface area contributed by atoms with Gasteiger partial charge in [-0.2, -0.15) is 0 Å². The van der Waals surface area contributed by atoms with Gasteiger partial charge in [-0.25, -0.2) is 0 Å². The first kappa shape index (κ1) is 20.0. The minimum absolute atomic E-state index is 0. The molecule has 4 nitrogen and oxygen atoms in total. The number of aryl methyl sites for hydroxylation is 1. The lowest BCUT2D eigenvalue weighted by atomic mass is 10.1. The number of hydrogen-bond donors (Lipinski definition) is 2. The van der Waals surface area contributed by atoms with Crippen LogP contribution in [-0.4, -0.2) is 32.2 Å². The number of hydrogen-bond acceptors (Lipinski definition) is 2. The fraction of sp³-hybridized carbons (Fsp3) is 0.562. The van der Waals surface area contributed by atoms with Crippen molar-refractivity contribution < 1.29 is 4.74 Å². The summed E-state index contributed by atoms with van der Waals surface area (Å²) in [6.07, 6.45) is 2.08. The van der Waals surface area contributed by atoms with Gasteiger partial charge in [-0.1, -0.05) is 12.1 Å². The molecular formula is C16H28IN3O. The molecule has 0 heterocycles. The molecule has 0 spiro atoms. The van der Waals surface area contributed by atoms with Gasteiger partial charge in [0.2, 0.25) is 0 Å². The summed E-state index contributed by atoms with van der Waals surface area (Å²) in [4.78, 5) is 4.57. The molecular weight excluding hydrogens is 377 g/mol. The molecule has 0 atom stereocenters. The number of halogens is 1. The summed E-state index contributed by atoms with van der Waals surface area (Å²) in [5, 5.41) is 6.57. The number of rotatable bonds is 7. The average molecular weight is 405 g/mol. The highest BCUT2D eigenvalue weighted by molar-refractivity contribution is 14.0. The zero-order valence-corrected chi connectivity index (χ0v) is 15.8. The lowest BCUT2D eigenvalue weighted by Gasteiger charge is -2.13. The van der Waals surface area contributed by atoms with Crippen LogP contribution in [0.5, 0.6) is 5.75 Å². The Morgan fingerprint density at radius 3 is 2.43 bits per heavy atom. The van der Waals surface area contributed by atoms with Gasteiger partial charge in [-0.05, 0) is 51.3 Å². The number of aliphatic imine (C=N–C) groups is 1. The highest BCUT2D eigenvalue weighted by Gasteiger charge is 1.99. The van der Waals surface area contributed by atoms with Crippen molar-refractivity contribution >= 4 is 29.9 Å². The number of nitrogens with zero attached hydrogens (tertiary/aromatic N) is 1. The average Bonchev–Trinajstić information content (AvgIpc) is 2.44. The van der Waals surface area contributed by atoms with Gasteiger partial charge in [0, 0.05) is 19.1 Å². The predicted molar refractivity (Wildman–Crippen MR) is 101 cm³/mol. The van der Waals surface area contributed by atoms with E-state index in [2.05, 4.69) is 48.5 Å². The van der Waals surface area contributed by atoms with Crippen LogP contribution in [0.1, 0.15) is 32.8 Å². The van der Waals surface area contributed by atoms with E-state index in [-0.39, 0.29) is 24.0 Å². The number of guanidine groups is 1. The second-order valence-electron chi connectivity index (χ2n) is 5.01. The van der Waals surface area contributed by atoms with Crippen LogP contribution in [0.25, 0.3) is 0 Å². The Morgan fingerprint density at radius 2 is 1.90 bits per heavy atom. The van der Waals surface area contributed by atoms with E-state index in [0.717, 1.165) is 37.6 Å². The largest absolute Gasteiger partial charge is 0.497 e. The Kier molecular flexibility index (Phi) is 11.1. The standard InChI is InChI=1S/C16H27N3O.HI/c1-5-17-16(19-13(2)3)18-12-6-7-14-8-10-15(20-4)11-9-14;/h8-11,13H,5-7,12H2,1-4H3,(H2,17,18,19);1H.